The monoisotopic (exact) mass is 422 g/mol. The van der Waals surface area contributed by atoms with Crippen molar-refractivity contribution in [3.63, 3.8) is 0 Å². The largest absolute Gasteiger partial charge is 0.347 e. The molecule has 3 aromatic rings. The van der Waals surface area contributed by atoms with Gasteiger partial charge < -0.3 is 15.6 Å². The molecule has 2 amide bonds. The first-order valence-corrected chi connectivity index (χ1v) is 8.90. The van der Waals surface area contributed by atoms with Gasteiger partial charge >= 0.3 is 0 Å². The summed E-state index contributed by atoms with van der Waals surface area (Å²) in [6.45, 7) is 0.281. The molecule has 1 heterocycles. The van der Waals surface area contributed by atoms with E-state index < -0.39 is 11.8 Å². The lowest BCUT2D eigenvalue weighted by Gasteiger charge is -2.07. The van der Waals surface area contributed by atoms with E-state index in [1.807, 2.05) is 0 Å². The zero-order valence-corrected chi connectivity index (χ0v) is 16.0. The van der Waals surface area contributed by atoms with E-state index in [0.29, 0.717) is 20.8 Å². The molecular formula is C18H13Cl3N4O2. The highest BCUT2D eigenvalue weighted by Gasteiger charge is 2.20. The van der Waals surface area contributed by atoms with E-state index >= 15 is 0 Å². The molecule has 3 rings (SSSR count). The molecule has 0 bridgehead atoms. The number of imidazole rings is 1. The van der Waals surface area contributed by atoms with Crippen LogP contribution in [0.5, 0.6) is 0 Å². The lowest BCUT2D eigenvalue weighted by molar-refractivity contribution is 0.0933. The summed E-state index contributed by atoms with van der Waals surface area (Å²) in [5, 5.41) is 6.64. The van der Waals surface area contributed by atoms with Gasteiger partial charge in [-0.05, 0) is 35.9 Å². The lowest BCUT2D eigenvalue weighted by Crippen LogP contribution is -2.26. The van der Waals surface area contributed by atoms with Crippen molar-refractivity contribution in [2.24, 2.45) is 0 Å². The molecule has 1 aromatic heterocycles. The number of aromatic nitrogens is 2. The molecule has 0 aliphatic rings. The first kappa shape index (κ1) is 19.2. The lowest BCUT2D eigenvalue weighted by atomic mass is 10.2. The number of carbonyl (C=O) groups excluding carboxylic acids is 2. The fraction of sp³-hybridized carbons (Fsp3) is 0.0556. The average molecular weight is 424 g/mol. The van der Waals surface area contributed by atoms with Crippen molar-refractivity contribution in [3.8, 4) is 0 Å². The number of amides is 2. The van der Waals surface area contributed by atoms with Crippen LogP contribution < -0.4 is 10.6 Å². The minimum Gasteiger partial charge on any atom is -0.347 e. The Morgan fingerprint density at radius 1 is 0.963 bits per heavy atom. The Morgan fingerprint density at radius 2 is 1.70 bits per heavy atom. The molecule has 0 spiro atoms. The number of anilines is 1. The molecule has 0 atom stereocenters. The molecule has 9 heteroatoms. The molecule has 0 fully saturated rings. The van der Waals surface area contributed by atoms with Crippen LogP contribution >= 0.6 is 34.8 Å². The Labute approximate surface area is 169 Å². The quantitative estimate of drug-likeness (QED) is 0.562. The third-order valence-corrected chi connectivity index (χ3v) is 4.62. The maximum atomic E-state index is 12.4. The number of nitrogens with zero attached hydrogens (tertiary/aromatic N) is 1. The van der Waals surface area contributed by atoms with Crippen molar-refractivity contribution >= 4 is 52.3 Å². The Bertz CT molecular complexity index is 987. The second-order valence-electron chi connectivity index (χ2n) is 5.52. The number of rotatable bonds is 5. The molecule has 6 nitrogen and oxygen atoms in total. The topological polar surface area (TPSA) is 86.9 Å². The summed E-state index contributed by atoms with van der Waals surface area (Å²) in [5.74, 6) is -1.01. The van der Waals surface area contributed by atoms with Gasteiger partial charge in [0.2, 0.25) is 0 Å². The first-order chi connectivity index (χ1) is 12.9. The fourth-order valence-electron chi connectivity index (χ4n) is 2.28. The van der Waals surface area contributed by atoms with Gasteiger partial charge in [0.1, 0.15) is 5.69 Å². The molecule has 0 saturated carbocycles. The molecule has 3 N–H and O–H groups in total. The number of halogens is 3. The Balaban J connectivity index is 1.68. The van der Waals surface area contributed by atoms with E-state index in [0.717, 1.165) is 5.56 Å². The molecule has 0 radical (unpaired) electrons. The zero-order valence-electron chi connectivity index (χ0n) is 13.7. The molecule has 0 aliphatic heterocycles. The van der Waals surface area contributed by atoms with Gasteiger partial charge in [-0.1, -0.05) is 46.9 Å². The van der Waals surface area contributed by atoms with Crippen LogP contribution in [0.4, 0.5) is 5.69 Å². The first-order valence-electron chi connectivity index (χ1n) is 7.76. The van der Waals surface area contributed by atoms with Crippen LogP contribution in [0.3, 0.4) is 0 Å². The van der Waals surface area contributed by atoms with Gasteiger partial charge in [0.25, 0.3) is 11.8 Å². The number of aromatic amines is 1. The summed E-state index contributed by atoms with van der Waals surface area (Å²) in [4.78, 5) is 31.5. The molecule has 0 aliphatic carbocycles. The fourth-order valence-corrected chi connectivity index (χ4v) is 2.70. The van der Waals surface area contributed by atoms with Crippen molar-refractivity contribution in [2.45, 2.75) is 6.54 Å². The summed E-state index contributed by atoms with van der Waals surface area (Å²) in [5.41, 5.74) is 1.33. The number of benzene rings is 2. The number of hydrogen-bond donors (Lipinski definition) is 3. The van der Waals surface area contributed by atoms with Gasteiger partial charge in [-0.2, -0.15) is 0 Å². The summed E-state index contributed by atoms with van der Waals surface area (Å²) in [6.07, 6.45) is 1.28. The van der Waals surface area contributed by atoms with E-state index in [4.69, 9.17) is 34.8 Å². The van der Waals surface area contributed by atoms with E-state index in [2.05, 4.69) is 20.6 Å². The number of carbonyl (C=O) groups is 2. The van der Waals surface area contributed by atoms with Crippen LogP contribution in [0, 0.1) is 0 Å². The molecule has 0 saturated heterocycles. The van der Waals surface area contributed by atoms with E-state index in [-0.39, 0.29) is 17.9 Å². The van der Waals surface area contributed by atoms with Gasteiger partial charge in [0.05, 0.1) is 16.4 Å². The maximum absolute atomic E-state index is 12.4. The van der Waals surface area contributed by atoms with Gasteiger partial charge in [-0.3, -0.25) is 9.59 Å². The second-order valence-corrected chi connectivity index (χ2v) is 6.77. The second kappa shape index (κ2) is 8.43. The van der Waals surface area contributed by atoms with Crippen molar-refractivity contribution in [1.29, 1.82) is 0 Å². The summed E-state index contributed by atoms with van der Waals surface area (Å²) >= 11 is 17.6. The minimum absolute atomic E-state index is 0.0327. The van der Waals surface area contributed by atoms with Crippen LogP contribution in [-0.2, 0) is 6.54 Å². The molecule has 27 heavy (non-hydrogen) atoms. The van der Waals surface area contributed by atoms with Crippen molar-refractivity contribution < 1.29 is 9.59 Å². The predicted molar refractivity (Wildman–Crippen MR) is 106 cm³/mol. The Kier molecular flexibility index (Phi) is 6.01. The average Bonchev–Trinajstić information content (AvgIpc) is 3.14. The van der Waals surface area contributed by atoms with Gasteiger partial charge in [-0.25, -0.2) is 4.98 Å². The predicted octanol–water partition coefficient (Wildman–Crippen LogP) is 4.55. The van der Waals surface area contributed by atoms with Crippen LogP contribution in [0.25, 0.3) is 0 Å². The van der Waals surface area contributed by atoms with Crippen LogP contribution in [-0.4, -0.2) is 21.8 Å². The third kappa shape index (κ3) is 4.80. The highest BCUT2D eigenvalue weighted by molar-refractivity contribution is 6.42. The summed E-state index contributed by atoms with van der Waals surface area (Å²) < 4.78 is 0. The van der Waals surface area contributed by atoms with Crippen LogP contribution in [0.15, 0.2) is 48.8 Å². The third-order valence-electron chi connectivity index (χ3n) is 3.63. The Morgan fingerprint density at radius 3 is 2.41 bits per heavy atom. The van der Waals surface area contributed by atoms with E-state index in [9.17, 15) is 9.59 Å². The van der Waals surface area contributed by atoms with Gasteiger partial charge in [0.15, 0.2) is 5.69 Å². The van der Waals surface area contributed by atoms with Gasteiger partial charge in [0, 0.05) is 17.3 Å². The summed E-state index contributed by atoms with van der Waals surface area (Å²) in [7, 11) is 0. The van der Waals surface area contributed by atoms with Crippen molar-refractivity contribution in [3.05, 3.63) is 80.8 Å². The highest BCUT2D eigenvalue weighted by atomic mass is 35.5. The van der Waals surface area contributed by atoms with Crippen molar-refractivity contribution in [2.75, 3.05) is 5.32 Å². The standard InChI is InChI=1S/C18H13Cl3N4O2/c19-11-3-1-10(2-4-11)8-22-17(26)15-16(24-9-23-15)18(27)25-12-5-6-13(20)14(21)7-12/h1-7,9H,8H2,(H,22,26)(H,23,24)(H,25,27). The van der Waals surface area contributed by atoms with E-state index in [1.54, 1.807) is 36.4 Å². The van der Waals surface area contributed by atoms with Crippen LogP contribution in [0.1, 0.15) is 26.5 Å². The molecule has 0 unspecified atom stereocenters. The van der Waals surface area contributed by atoms with E-state index in [1.165, 1.54) is 12.4 Å². The van der Waals surface area contributed by atoms with Gasteiger partial charge in [-0.15, -0.1) is 0 Å². The highest BCUT2D eigenvalue weighted by Crippen LogP contribution is 2.25. The van der Waals surface area contributed by atoms with Crippen LogP contribution in [0.2, 0.25) is 15.1 Å². The maximum Gasteiger partial charge on any atom is 0.276 e. The molecule has 138 valence electrons. The number of hydrogen-bond acceptors (Lipinski definition) is 3. The molecule has 2 aromatic carbocycles. The Hall–Kier alpha value is -2.54. The molecular weight excluding hydrogens is 411 g/mol. The minimum atomic E-state index is -0.550. The van der Waals surface area contributed by atoms with Crippen molar-refractivity contribution in [1.82, 2.24) is 15.3 Å². The normalized spacial score (nSPS) is 10.5. The smallest absolute Gasteiger partial charge is 0.276 e. The number of nitrogens with one attached hydrogen (secondary N) is 3. The summed E-state index contributed by atoms with van der Waals surface area (Å²) in [6, 6.07) is 11.7. The number of H-pyrrole nitrogens is 1. The zero-order chi connectivity index (χ0) is 19.4. The SMILES string of the molecule is O=C(Nc1ccc(Cl)c(Cl)c1)c1nc[nH]c1C(=O)NCc1ccc(Cl)cc1.